The quantitative estimate of drug-likeness (QED) is 0.846. The highest BCUT2D eigenvalue weighted by Gasteiger charge is 2.18. The number of aromatic nitrogens is 1. The molecule has 0 fully saturated rings. The summed E-state index contributed by atoms with van der Waals surface area (Å²) in [5.41, 5.74) is 1.17. The molecule has 1 atom stereocenters. The van der Waals surface area contributed by atoms with Crippen molar-refractivity contribution in [3.8, 4) is 0 Å². The number of H-pyrrole nitrogens is 1. The lowest BCUT2D eigenvalue weighted by molar-refractivity contribution is -0.142. The summed E-state index contributed by atoms with van der Waals surface area (Å²) in [7, 11) is 1.27. The van der Waals surface area contributed by atoms with Crippen LogP contribution in [0.15, 0.2) is 24.3 Å². The van der Waals surface area contributed by atoms with Gasteiger partial charge >= 0.3 is 5.97 Å². The van der Waals surface area contributed by atoms with Crippen LogP contribution in [0.1, 0.15) is 17.4 Å². The number of fused-ring (bicyclic) bond motifs is 1. The van der Waals surface area contributed by atoms with Crippen LogP contribution in [-0.4, -0.2) is 30.0 Å². The molecule has 0 aliphatic carbocycles. The van der Waals surface area contributed by atoms with E-state index in [1.807, 2.05) is 0 Å². The molecule has 1 aromatic heterocycles. The molecule has 0 spiro atoms. The molecule has 1 unspecified atom stereocenters. The Bertz CT molecular complexity index is 636. The first-order valence-corrected chi connectivity index (χ1v) is 6.06. The molecular weight excluding hydrogens is 268 g/mol. The van der Waals surface area contributed by atoms with Crippen molar-refractivity contribution in [3.63, 3.8) is 0 Å². The maximum absolute atomic E-state index is 11.9. The van der Waals surface area contributed by atoms with Gasteiger partial charge in [-0.2, -0.15) is 0 Å². The lowest BCUT2D eigenvalue weighted by atomic mass is 10.2. The molecule has 1 heterocycles. The van der Waals surface area contributed by atoms with Crippen molar-refractivity contribution < 1.29 is 14.3 Å². The van der Waals surface area contributed by atoms with Gasteiger partial charge in [0.1, 0.15) is 11.7 Å². The van der Waals surface area contributed by atoms with Gasteiger partial charge < -0.3 is 15.0 Å². The van der Waals surface area contributed by atoms with Gasteiger partial charge in [-0.15, -0.1) is 0 Å². The number of halogens is 1. The van der Waals surface area contributed by atoms with Crippen molar-refractivity contribution >= 4 is 34.4 Å². The number of ether oxygens (including phenoxy) is 1. The minimum Gasteiger partial charge on any atom is -0.467 e. The molecule has 0 saturated carbocycles. The molecule has 0 radical (unpaired) electrons. The van der Waals surface area contributed by atoms with Crippen LogP contribution >= 0.6 is 11.6 Å². The molecule has 0 aliphatic rings. The Labute approximate surface area is 114 Å². The summed E-state index contributed by atoms with van der Waals surface area (Å²) in [6, 6.07) is 6.26. The largest absolute Gasteiger partial charge is 0.467 e. The molecule has 0 aliphatic heterocycles. The van der Waals surface area contributed by atoms with Crippen molar-refractivity contribution in [2.45, 2.75) is 13.0 Å². The van der Waals surface area contributed by atoms with Crippen molar-refractivity contribution in [1.29, 1.82) is 0 Å². The Kier molecular flexibility index (Phi) is 3.76. The molecular formula is C13H13ClN2O3. The third-order valence-corrected chi connectivity index (χ3v) is 2.96. The van der Waals surface area contributed by atoms with E-state index in [0.29, 0.717) is 10.7 Å². The lowest BCUT2D eigenvalue weighted by Crippen LogP contribution is -2.39. The zero-order valence-corrected chi connectivity index (χ0v) is 11.2. The fourth-order valence-corrected chi connectivity index (χ4v) is 1.92. The molecule has 0 bridgehead atoms. The highest BCUT2D eigenvalue weighted by molar-refractivity contribution is 6.31. The SMILES string of the molecule is COC(=O)C(C)NC(=O)c1cc2cc(Cl)ccc2[nH]1. The first-order chi connectivity index (χ1) is 9.01. The van der Waals surface area contributed by atoms with E-state index in [4.69, 9.17) is 11.6 Å². The van der Waals surface area contributed by atoms with Gasteiger partial charge in [0.25, 0.3) is 5.91 Å². The molecule has 0 saturated heterocycles. The number of benzene rings is 1. The first-order valence-electron chi connectivity index (χ1n) is 5.68. The number of aromatic amines is 1. The minimum absolute atomic E-state index is 0.369. The average molecular weight is 281 g/mol. The van der Waals surface area contributed by atoms with E-state index in [0.717, 1.165) is 10.9 Å². The van der Waals surface area contributed by atoms with Gasteiger partial charge in [0, 0.05) is 15.9 Å². The van der Waals surface area contributed by atoms with Crippen LogP contribution in [0.3, 0.4) is 0 Å². The van der Waals surface area contributed by atoms with Gasteiger partial charge in [0.2, 0.25) is 0 Å². The smallest absolute Gasteiger partial charge is 0.328 e. The second-order valence-corrected chi connectivity index (χ2v) is 4.57. The molecule has 19 heavy (non-hydrogen) atoms. The normalized spacial score (nSPS) is 12.2. The third kappa shape index (κ3) is 2.88. The Morgan fingerprint density at radius 2 is 2.11 bits per heavy atom. The number of carbonyl (C=O) groups is 2. The first kappa shape index (κ1) is 13.4. The summed E-state index contributed by atoms with van der Waals surface area (Å²) in [6.45, 7) is 1.56. The van der Waals surface area contributed by atoms with Crippen LogP contribution in [0, 0.1) is 0 Å². The predicted molar refractivity (Wildman–Crippen MR) is 72.3 cm³/mol. The van der Waals surface area contributed by atoms with Gasteiger partial charge in [0.05, 0.1) is 7.11 Å². The lowest BCUT2D eigenvalue weighted by Gasteiger charge is -2.10. The number of rotatable bonds is 3. The van der Waals surface area contributed by atoms with Crippen LogP contribution < -0.4 is 5.32 Å². The second-order valence-electron chi connectivity index (χ2n) is 4.13. The predicted octanol–water partition coefficient (Wildman–Crippen LogP) is 2.11. The van der Waals surface area contributed by atoms with Gasteiger partial charge in [-0.05, 0) is 31.2 Å². The zero-order chi connectivity index (χ0) is 14.0. The summed E-state index contributed by atoms with van der Waals surface area (Å²) < 4.78 is 4.54. The van der Waals surface area contributed by atoms with Crippen LogP contribution in [0.2, 0.25) is 5.02 Å². The van der Waals surface area contributed by atoms with Crippen LogP contribution in [0.25, 0.3) is 10.9 Å². The van der Waals surface area contributed by atoms with Crippen molar-refractivity contribution in [3.05, 3.63) is 35.0 Å². The number of hydrogen-bond acceptors (Lipinski definition) is 3. The molecule has 100 valence electrons. The maximum atomic E-state index is 11.9. The monoisotopic (exact) mass is 280 g/mol. The van der Waals surface area contributed by atoms with E-state index in [9.17, 15) is 9.59 Å². The van der Waals surface area contributed by atoms with Gasteiger partial charge in [-0.25, -0.2) is 4.79 Å². The topological polar surface area (TPSA) is 71.2 Å². The molecule has 5 nitrogen and oxygen atoms in total. The summed E-state index contributed by atoms with van der Waals surface area (Å²) in [6.07, 6.45) is 0. The molecule has 6 heteroatoms. The van der Waals surface area contributed by atoms with E-state index in [-0.39, 0.29) is 5.91 Å². The highest BCUT2D eigenvalue weighted by atomic mass is 35.5. The third-order valence-electron chi connectivity index (χ3n) is 2.73. The van der Waals surface area contributed by atoms with E-state index in [2.05, 4.69) is 15.0 Å². The minimum atomic E-state index is -0.701. The Morgan fingerprint density at radius 1 is 1.37 bits per heavy atom. The summed E-state index contributed by atoms with van der Waals surface area (Å²) >= 11 is 5.88. The van der Waals surface area contributed by atoms with E-state index in [1.165, 1.54) is 7.11 Å². The molecule has 1 aromatic carbocycles. The molecule has 1 amide bonds. The van der Waals surface area contributed by atoms with Crippen molar-refractivity contribution in [2.75, 3.05) is 7.11 Å². The molecule has 2 rings (SSSR count). The summed E-state index contributed by atoms with van der Waals surface area (Å²) in [5, 5.41) is 3.98. The molecule has 2 N–H and O–H groups in total. The number of methoxy groups -OCH3 is 1. The van der Waals surface area contributed by atoms with Gasteiger partial charge in [-0.3, -0.25) is 4.79 Å². The highest BCUT2D eigenvalue weighted by Crippen LogP contribution is 2.20. The number of amides is 1. The molecule has 2 aromatic rings. The average Bonchev–Trinajstić information content (AvgIpc) is 2.80. The number of hydrogen-bond donors (Lipinski definition) is 2. The van der Waals surface area contributed by atoms with Gasteiger partial charge in [0.15, 0.2) is 0 Å². The van der Waals surface area contributed by atoms with Crippen molar-refractivity contribution in [2.24, 2.45) is 0 Å². The second kappa shape index (κ2) is 5.32. The number of carbonyl (C=O) groups excluding carboxylic acids is 2. The van der Waals surface area contributed by atoms with Crippen molar-refractivity contribution in [1.82, 2.24) is 10.3 Å². The Balaban J connectivity index is 2.20. The Hall–Kier alpha value is -2.01. The summed E-state index contributed by atoms with van der Waals surface area (Å²) in [4.78, 5) is 26.1. The van der Waals surface area contributed by atoms with Crippen LogP contribution in [-0.2, 0) is 9.53 Å². The maximum Gasteiger partial charge on any atom is 0.328 e. The van der Waals surface area contributed by atoms with Gasteiger partial charge in [-0.1, -0.05) is 11.6 Å². The van der Waals surface area contributed by atoms with E-state index in [1.54, 1.807) is 31.2 Å². The summed E-state index contributed by atoms with van der Waals surface area (Å²) in [5.74, 6) is -0.863. The Morgan fingerprint density at radius 3 is 2.79 bits per heavy atom. The van der Waals surface area contributed by atoms with E-state index >= 15 is 0 Å². The number of nitrogens with one attached hydrogen (secondary N) is 2. The van der Waals surface area contributed by atoms with E-state index < -0.39 is 12.0 Å². The zero-order valence-electron chi connectivity index (χ0n) is 10.5. The fraction of sp³-hybridized carbons (Fsp3) is 0.231. The standard InChI is InChI=1S/C13H13ClN2O3/c1-7(13(18)19-2)15-12(17)11-6-8-5-9(14)3-4-10(8)16-11/h3-7,16H,1-2H3,(H,15,17). The van der Waals surface area contributed by atoms with Crippen LogP contribution in [0.4, 0.5) is 0 Å². The number of esters is 1. The fourth-order valence-electron chi connectivity index (χ4n) is 1.74. The van der Waals surface area contributed by atoms with Crippen LogP contribution in [0.5, 0.6) is 0 Å².